The summed E-state index contributed by atoms with van der Waals surface area (Å²) in [6.07, 6.45) is 0. The highest BCUT2D eigenvalue weighted by Gasteiger charge is 2.51. The van der Waals surface area contributed by atoms with Gasteiger partial charge >= 0.3 is 7.12 Å². The van der Waals surface area contributed by atoms with Crippen LogP contribution in [0.5, 0.6) is 0 Å². The Hall–Kier alpha value is -4.12. The van der Waals surface area contributed by atoms with Gasteiger partial charge in [0.15, 0.2) is 0 Å². The van der Waals surface area contributed by atoms with Crippen LogP contribution in [-0.2, 0) is 9.31 Å². The Morgan fingerprint density at radius 2 is 1.12 bits per heavy atom. The molecule has 40 heavy (non-hydrogen) atoms. The predicted molar refractivity (Wildman–Crippen MR) is 168 cm³/mol. The summed E-state index contributed by atoms with van der Waals surface area (Å²) in [5.41, 5.74) is 9.54. The van der Waals surface area contributed by atoms with Gasteiger partial charge in [0.1, 0.15) is 0 Å². The predicted octanol–water partition coefficient (Wildman–Crippen LogP) is 8.62. The van der Waals surface area contributed by atoms with E-state index in [1.807, 2.05) is 0 Å². The first-order valence-electron chi connectivity index (χ1n) is 14.0. The van der Waals surface area contributed by atoms with Gasteiger partial charge in [-0.2, -0.15) is 0 Å². The van der Waals surface area contributed by atoms with E-state index in [0.29, 0.717) is 0 Å². The molecule has 0 bridgehead atoms. The molecule has 3 nitrogen and oxygen atoms in total. The Bertz CT molecular complexity index is 1840. The molecule has 4 heteroatoms. The second-order valence-electron chi connectivity index (χ2n) is 11.7. The second-order valence-corrected chi connectivity index (χ2v) is 11.7. The van der Waals surface area contributed by atoms with E-state index in [-0.39, 0.29) is 0 Å². The molecule has 7 rings (SSSR count). The van der Waals surface area contributed by atoms with Gasteiger partial charge in [0, 0.05) is 21.9 Å². The Balaban J connectivity index is 1.47. The van der Waals surface area contributed by atoms with E-state index in [0.717, 1.165) is 27.6 Å². The summed E-state index contributed by atoms with van der Waals surface area (Å²) < 4.78 is 13.0. The van der Waals surface area contributed by atoms with Gasteiger partial charge in [-0.25, -0.2) is 0 Å². The van der Waals surface area contributed by atoms with Crippen molar-refractivity contribution in [3.8, 4) is 33.4 Å². The summed E-state index contributed by atoms with van der Waals surface area (Å²) in [7, 11) is -0.445. The highest BCUT2D eigenvalue weighted by Crippen LogP contribution is 2.40. The van der Waals surface area contributed by atoms with Crippen LogP contribution in [0.4, 0.5) is 0 Å². The van der Waals surface area contributed by atoms with Crippen molar-refractivity contribution < 1.29 is 9.31 Å². The van der Waals surface area contributed by atoms with E-state index in [4.69, 9.17) is 9.31 Å². The van der Waals surface area contributed by atoms with Gasteiger partial charge in [-0.05, 0) is 73.1 Å². The molecule has 0 saturated carbocycles. The number of rotatable bonds is 4. The fraction of sp³-hybridized carbons (Fsp3) is 0.167. The average molecular weight is 521 g/mol. The van der Waals surface area contributed by atoms with E-state index in [1.54, 1.807) is 0 Å². The van der Waals surface area contributed by atoms with Crippen LogP contribution in [0, 0.1) is 0 Å². The number of hydrogen-bond acceptors (Lipinski definition) is 2. The summed E-state index contributed by atoms with van der Waals surface area (Å²) in [6, 6.07) is 41.0. The van der Waals surface area contributed by atoms with Crippen molar-refractivity contribution in [2.24, 2.45) is 0 Å². The fourth-order valence-electron chi connectivity index (χ4n) is 5.75. The van der Waals surface area contributed by atoms with Gasteiger partial charge in [-0.15, -0.1) is 0 Å². The van der Waals surface area contributed by atoms with Crippen molar-refractivity contribution in [2.45, 2.75) is 38.9 Å². The molecule has 1 aliphatic rings. The lowest BCUT2D eigenvalue weighted by molar-refractivity contribution is 0.00578. The lowest BCUT2D eigenvalue weighted by Crippen LogP contribution is -2.41. The van der Waals surface area contributed by atoms with Crippen LogP contribution in [0.3, 0.4) is 0 Å². The molecule has 6 aromatic rings. The van der Waals surface area contributed by atoms with Gasteiger partial charge in [0.25, 0.3) is 0 Å². The maximum absolute atomic E-state index is 6.52. The molecule has 0 amide bonds. The first-order valence-corrected chi connectivity index (χ1v) is 14.0. The molecule has 1 fully saturated rings. The van der Waals surface area contributed by atoms with Crippen LogP contribution in [0.15, 0.2) is 115 Å². The number of nitrogens with one attached hydrogen (secondary N) is 1. The maximum atomic E-state index is 6.52. The van der Waals surface area contributed by atoms with Gasteiger partial charge < -0.3 is 14.3 Å². The van der Waals surface area contributed by atoms with Crippen molar-refractivity contribution in [3.05, 3.63) is 115 Å². The lowest BCUT2D eigenvalue weighted by atomic mass is 9.76. The minimum Gasteiger partial charge on any atom is -0.399 e. The summed E-state index contributed by atoms with van der Waals surface area (Å²) in [4.78, 5) is 3.72. The molecule has 1 aromatic heterocycles. The third-order valence-electron chi connectivity index (χ3n) is 8.66. The van der Waals surface area contributed by atoms with Gasteiger partial charge in [0.2, 0.25) is 0 Å². The largest absolute Gasteiger partial charge is 0.494 e. The van der Waals surface area contributed by atoms with Crippen molar-refractivity contribution in [2.75, 3.05) is 0 Å². The number of para-hydroxylation sites is 1. The Kier molecular flexibility index (Phi) is 5.74. The van der Waals surface area contributed by atoms with E-state index in [2.05, 4.69) is 148 Å². The molecule has 0 atom stereocenters. The quantitative estimate of drug-likeness (QED) is 0.236. The first kappa shape index (κ1) is 24.9. The normalized spacial score (nSPS) is 16.1. The molecule has 2 heterocycles. The fourth-order valence-corrected chi connectivity index (χ4v) is 5.75. The smallest absolute Gasteiger partial charge is 0.399 e. The van der Waals surface area contributed by atoms with E-state index < -0.39 is 18.3 Å². The zero-order valence-electron chi connectivity index (χ0n) is 23.4. The first-order chi connectivity index (χ1) is 19.3. The monoisotopic (exact) mass is 521 g/mol. The summed E-state index contributed by atoms with van der Waals surface area (Å²) in [6.45, 7) is 8.41. The molecule has 1 aliphatic heterocycles. The van der Waals surface area contributed by atoms with Crippen LogP contribution < -0.4 is 5.46 Å². The van der Waals surface area contributed by atoms with Crippen molar-refractivity contribution in [1.82, 2.24) is 4.98 Å². The number of fused-ring (bicyclic) bond motifs is 3. The Labute approximate surface area is 235 Å². The van der Waals surface area contributed by atoms with E-state index in [9.17, 15) is 0 Å². The van der Waals surface area contributed by atoms with E-state index in [1.165, 1.54) is 33.0 Å². The van der Waals surface area contributed by atoms with Crippen molar-refractivity contribution in [1.29, 1.82) is 0 Å². The summed E-state index contributed by atoms with van der Waals surface area (Å²) >= 11 is 0. The molecular weight excluding hydrogens is 489 g/mol. The minimum atomic E-state index is -0.445. The van der Waals surface area contributed by atoms with Gasteiger partial charge in [-0.1, -0.05) is 103 Å². The van der Waals surface area contributed by atoms with Crippen LogP contribution in [-0.4, -0.2) is 23.3 Å². The van der Waals surface area contributed by atoms with E-state index >= 15 is 0 Å². The topological polar surface area (TPSA) is 34.2 Å². The van der Waals surface area contributed by atoms with Crippen LogP contribution >= 0.6 is 0 Å². The lowest BCUT2D eigenvalue weighted by Gasteiger charge is -2.32. The molecule has 0 unspecified atom stereocenters. The highest BCUT2D eigenvalue weighted by molar-refractivity contribution is 6.62. The summed E-state index contributed by atoms with van der Waals surface area (Å²) in [5, 5.41) is 2.37. The number of benzene rings is 5. The Morgan fingerprint density at radius 3 is 1.80 bits per heavy atom. The van der Waals surface area contributed by atoms with Crippen LogP contribution in [0.2, 0.25) is 0 Å². The van der Waals surface area contributed by atoms with Crippen LogP contribution in [0.1, 0.15) is 27.7 Å². The molecule has 5 aromatic carbocycles. The molecule has 0 spiro atoms. The SMILES string of the molecule is CC1(C)OB(c2cc(-c3ccc(-c4ccccc4)c(-c4ccccc4)c3)c3[nH]c4ccccc4c3c2)OC1(C)C. The van der Waals surface area contributed by atoms with Gasteiger partial charge in [0.05, 0.1) is 16.7 Å². The molecule has 196 valence electrons. The number of hydrogen-bond donors (Lipinski definition) is 1. The number of aromatic amines is 1. The number of aromatic nitrogens is 1. The molecule has 1 N–H and O–H groups in total. The van der Waals surface area contributed by atoms with Crippen molar-refractivity contribution in [3.63, 3.8) is 0 Å². The summed E-state index contributed by atoms with van der Waals surface area (Å²) in [5.74, 6) is 0. The third-order valence-corrected chi connectivity index (χ3v) is 8.66. The zero-order valence-corrected chi connectivity index (χ0v) is 23.4. The molecule has 0 aliphatic carbocycles. The van der Waals surface area contributed by atoms with Gasteiger partial charge in [-0.3, -0.25) is 0 Å². The molecule has 0 radical (unpaired) electrons. The maximum Gasteiger partial charge on any atom is 0.494 e. The Morgan fingerprint density at radius 1 is 0.525 bits per heavy atom. The standard InChI is InChI=1S/C36H32BNO2/c1-35(2)36(3,4)40-37(39-35)27-22-31(34-32(23-27)29-17-11-12-18-33(29)38-34)26-19-20-28(24-13-7-5-8-14-24)30(21-26)25-15-9-6-10-16-25/h5-23,38H,1-4H3. The zero-order chi connectivity index (χ0) is 27.5. The van der Waals surface area contributed by atoms with Crippen LogP contribution in [0.25, 0.3) is 55.2 Å². The minimum absolute atomic E-state index is 0.412. The number of H-pyrrole nitrogens is 1. The molecular formula is C36H32BNO2. The highest BCUT2D eigenvalue weighted by atomic mass is 16.7. The molecule has 1 saturated heterocycles. The average Bonchev–Trinajstić information content (AvgIpc) is 3.45. The second kappa shape index (κ2) is 9.23. The van der Waals surface area contributed by atoms with Crippen molar-refractivity contribution >= 4 is 34.4 Å². The third kappa shape index (κ3) is 4.07.